The Bertz CT molecular complexity index is 342. The Labute approximate surface area is 95.4 Å². The maximum absolute atomic E-state index is 5.52. The van der Waals surface area contributed by atoms with Crippen molar-refractivity contribution in [3.05, 3.63) is 24.3 Å². The summed E-state index contributed by atoms with van der Waals surface area (Å²) in [4.78, 5) is 5.93. The van der Waals surface area contributed by atoms with Crippen LogP contribution >= 0.6 is 12.2 Å². The lowest BCUT2D eigenvalue weighted by Crippen LogP contribution is -2.19. The van der Waals surface area contributed by atoms with Gasteiger partial charge in [0, 0.05) is 6.54 Å². The lowest BCUT2D eigenvalue weighted by atomic mass is 10.3. The van der Waals surface area contributed by atoms with Crippen molar-refractivity contribution in [1.29, 1.82) is 0 Å². The smallest absolute Gasteiger partial charge is 0.119 e. The monoisotopic (exact) mass is 222 g/mol. The molecule has 3 nitrogen and oxygen atoms in total. The molecule has 0 aliphatic rings. The van der Waals surface area contributed by atoms with E-state index in [4.69, 9.17) is 4.74 Å². The molecule has 0 fully saturated rings. The lowest BCUT2D eigenvalue weighted by Gasteiger charge is -2.10. The van der Waals surface area contributed by atoms with Crippen molar-refractivity contribution in [2.45, 2.75) is 0 Å². The van der Waals surface area contributed by atoms with Crippen molar-refractivity contribution >= 4 is 23.1 Å². The fourth-order valence-electron chi connectivity index (χ4n) is 1.02. The summed E-state index contributed by atoms with van der Waals surface area (Å²) in [6.45, 7) is 1.59. The summed E-state index contributed by atoms with van der Waals surface area (Å²) in [5, 5.41) is 2.32. The topological polar surface area (TPSA) is 24.8 Å². The van der Waals surface area contributed by atoms with Crippen molar-refractivity contribution < 1.29 is 4.74 Å². The first-order chi connectivity index (χ1) is 7.22. The molecule has 0 saturated heterocycles. The van der Waals surface area contributed by atoms with Gasteiger partial charge in [0.05, 0.1) is 10.8 Å². The molecule has 0 atom stereocenters. The van der Waals surface area contributed by atoms with E-state index < -0.39 is 0 Å². The zero-order valence-corrected chi connectivity index (χ0v) is 9.75. The van der Waals surface area contributed by atoms with E-state index in [-0.39, 0.29) is 0 Å². The Morgan fingerprint density at radius 2 is 2.00 bits per heavy atom. The van der Waals surface area contributed by atoms with E-state index in [1.165, 1.54) is 0 Å². The Balaban J connectivity index is 2.46. The van der Waals surface area contributed by atoms with Crippen LogP contribution in [0.15, 0.2) is 29.3 Å². The highest BCUT2D eigenvalue weighted by molar-refractivity contribution is 7.78. The summed E-state index contributed by atoms with van der Waals surface area (Å²) in [5.74, 6) is 0.847. The molecular weight excluding hydrogens is 208 g/mol. The second kappa shape index (κ2) is 6.30. The number of isothiocyanates is 1. The molecule has 4 heteroatoms. The second-order valence-electron chi connectivity index (χ2n) is 3.35. The highest BCUT2D eigenvalue weighted by Gasteiger charge is 1.95. The van der Waals surface area contributed by atoms with Gasteiger partial charge in [-0.25, -0.2) is 0 Å². The van der Waals surface area contributed by atoms with Gasteiger partial charge in [0.25, 0.3) is 0 Å². The maximum atomic E-state index is 5.52. The molecule has 1 aromatic carbocycles. The zero-order valence-electron chi connectivity index (χ0n) is 8.93. The third kappa shape index (κ3) is 4.70. The van der Waals surface area contributed by atoms with E-state index in [1.54, 1.807) is 0 Å². The quantitative estimate of drug-likeness (QED) is 0.565. The van der Waals surface area contributed by atoms with Gasteiger partial charge in [-0.15, -0.1) is 0 Å². The van der Waals surface area contributed by atoms with Crippen molar-refractivity contribution in [2.75, 3.05) is 27.2 Å². The van der Waals surface area contributed by atoms with E-state index in [2.05, 4.69) is 27.3 Å². The van der Waals surface area contributed by atoms with Crippen molar-refractivity contribution in [3.8, 4) is 5.75 Å². The number of thiocarbonyl (C=S) groups is 1. The van der Waals surface area contributed by atoms with Crippen molar-refractivity contribution in [3.63, 3.8) is 0 Å². The number of hydrogen-bond donors (Lipinski definition) is 0. The molecule has 0 aliphatic carbocycles. The van der Waals surface area contributed by atoms with Gasteiger partial charge in [-0.1, -0.05) is 0 Å². The standard InChI is InChI=1S/C11H14N2OS/c1-13(2)7-8-14-11-5-3-10(4-6-11)12-9-15/h3-6H,7-8H2,1-2H3. The summed E-state index contributed by atoms with van der Waals surface area (Å²) in [6, 6.07) is 7.46. The summed E-state index contributed by atoms with van der Waals surface area (Å²) in [7, 11) is 4.03. The third-order valence-corrected chi connectivity index (χ3v) is 1.91. The van der Waals surface area contributed by atoms with Crippen molar-refractivity contribution in [1.82, 2.24) is 4.90 Å². The van der Waals surface area contributed by atoms with E-state index >= 15 is 0 Å². The van der Waals surface area contributed by atoms with Crippen LogP contribution < -0.4 is 4.74 Å². The second-order valence-corrected chi connectivity index (χ2v) is 3.53. The molecule has 0 N–H and O–H groups in total. The van der Waals surface area contributed by atoms with E-state index in [0.717, 1.165) is 18.0 Å². The van der Waals surface area contributed by atoms with Gasteiger partial charge in [-0.05, 0) is 50.6 Å². The van der Waals surface area contributed by atoms with Gasteiger partial charge >= 0.3 is 0 Å². The zero-order chi connectivity index (χ0) is 11.1. The number of likely N-dealkylation sites (N-methyl/N-ethyl adjacent to an activating group) is 1. The average Bonchev–Trinajstić information content (AvgIpc) is 2.20. The summed E-state index contributed by atoms with van der Waals surface area (Å²) >= 11 is 4.51. The average molecular weight is 222 g/mol. The minimum Gasteiger partial charge on any atom is -0.492 e. The van der Waals surface area contributed by atoms with Crippen LogP contribution in [0, 0.1) is 0 Å². The SMILES string of the molecule is CN(C)CCOc1ccc(N=C=S)cc1. The molecule has 15 heavy (non-hydrogen) atoms. The minimum absolute atomic E-state index is 0.683. The molecule has 0 amide bonds. The predicted octanol–water partition coefficient (Wildman–Crippen LogP) is 2.36. The molecule has 0 bridgehead atoms. The highest BCUT2D eigenvalue weighted by atomic mass is 32.1. The van der Waals surface area contributed by atoms with Crippen LogP contribution in [0.3, 0.4) is 0 Å². The van der Waals surface area contributed by atoms with Crippen LogP contribution in [0.4, 0.5) is 5.69 Å². The van der Waals surface area contributed by atoms with Gasteiger partial charge in [-0.2, -0.15) is 4.99 Å². The van der Waals surface area contributed by atoms with Crippen LogP contribution in [-0.2, 0) is 0 Å². The molecule has 80 valence electrons. The van der Waals surface area contributed by atoms with Gasteiger partial charge < -0.3 is 9.64 Å². The first-order valence-corrected chi connectivity index (χ1v) is 5.08. The first-order valence-electron chi connectivity index (χ1n) is 4.68. The fraction of sp³-hybridized carbons (Fsp3) is 0.364. The minimum atomic E-state index is 0.683. The molecule has 1 aromatic rings. The van der Waals surface area contributed by atoms with E-state index in [1.807, 2.05) is 38.4 Å². The number of aliphatic imine (C=N–C) groups is 1. The van der Waals surface area contributed by atoms with Crippen molar-refractivity contribution in [2.24, 2.45) is 4.99 Å². The van der Waals surface area contributed by atoms with Gasteiger partial charge in [-0.3, -0.25) is 0 Å². The van der Waals surface area contributed by atoms with Gasteiger partial charge in [0.2, 0.25) is 0 Å². The molecule has 0 heterocycles. The van der Waals surface area contributed by atoms with Crippen LogP contribution in [0.2, 0.25) is 0 Å². The Hall–Kier alpha value is -1.22. The predicted molar refractivity (Wildman–Crippen MR) is 65.2 cm³/mol. The number of rotatable bonds is 5. The molecule has 0 radical (unpaired) electrons. The molecule has 1 rings (SSSR count). The summed E-state index contributed by atoms with van der Waals surface area (Å²) in [6.07, 6.45) is 0. The number of nitrogens with zero attached hydrogens (tertiary/aromatic N) is 2. The maximum Gasteiger partial charge on any atom is 0.119 e. The third-order valence-electron chi connectivity index (χ3n) is 1.82. The summed E-state index contributed by atoms with van der Waals surface area (Å²) < 4.78 is 5.52. The molecular formula is C11H14N2OS. The molecule has 0 spiro atoms. The molecule has 0 saturated carbocycles. The van der Waals surface area contributed by atoms with Crippen LogP contribution in [0.5, 0.6) is 5.75 Å². The molecule has 0 aromatic heterocycles. The van der Waals surface area contributed by atoms with E-state index in [9.17, 15) is 0 Å². The highest BCUT2D eigenvalue weighted by Crippen LogP contribution is 2.17. The number of hydrogen-bond acceptors (Lipinski definition) is 4. The summed E-state index contributed by atoms with van der Waals surface area (Å²) in [5.41, 5.74) is 0.796. The molecule has 0 aliphatic heterocycles. The number of ether oxygens (including phenoxy) is 1. The normalized spacial score (nSPS) is 9.80. The van der Waals surface area contributed by atoms with Gasteiger partial charge in [0.1, 0.15) is 12.4 Å². The molecule has 0 unspecified atom stereocenters. The Morgan fingerprint density at radius 1 is 1.33 bits per heavy atom. The van der Waals surface area contributed by atoms with E-state index in [0.29, 0.717) is 6.61 Å². The lowest BCUT2D eigenvalue weighted by molar-refractivity contribution is 0.261. The first kappa shape index (κ1) is 11.9. The van der Waals surface area contributed by atoms with Crippen LogP contribution in [0.1, 0.15) is 0 Å². The van der Waals surface area contributed by atoms with Crippen LogP contribution in [-0.4, -0.2) is 37.3 Å². The van der Waals surface area contributed by atoms with Crippen LogP contribution in [0.25, 0.3) is 0 Å². The number of benzene rings is 1. The Morgan fingerprint density at radius 3 is 2.53 bits per heavy atom. The fourth-order valence-corrected chi connectivity index (χ4v) is 1.12. The largest absolute Gasteiger partial charge is 0.492 e. The van der Waals surface area contributed by atoms with Gasteiger partial charge in [0.15, 0.2) is 0 Å². The Kier molecular flexibility index (Phi) is 4.98.